The quantitative estimate of drug-likeness (QED) is 0.248. The van der Waals surface area contributed by atoms with Crippen molar-refractivity contribution in [3.05, 3.63) is 120 Å². The molecule has 0 aliphatic heterocycles. The molecule has 0 unspecified atom stereocenters. The Bertz CT molecular complexity index is 1130. The molecule has 35 heavy (non-hydrogen) atoms. The maximum atomic E-state index is 6.04. The van der Waals surface area contributed by atoms with E-state index in [2.05, 4.69) is 72.4 Å². The molecule has 4 heteroatoms. The van der Waals surface area contributed by atoms with Crippen LogP contribution in [0.3, 0.4) is 0 Å². The van der Waals surface area contributed by atoms with Gasteiger partial charge in [0.05, 0.1) is 13.2 Å². The number of rotatable bonds is 10. The van der Waals surface area contributed by atoms with Gasteiger partial charge in [0, 0.05) is 30.2 Å². The second-order valence-electron chi connectivity index (χ2n) is 9.11. The van der Waals surface area contributed by atoms with Crippen LogP contribution in [0.1, 0.15) is 36.1 Å². The maximum Gasteiger partial charge on any atom is 0.119 e. The fraction of sp³-hybridized carbons (Fsp3) is 0.161. The minimum Gasteiger partial charge on any atom is -0.493 e. The van der Waals surface area contributed by atoms with E-state index in [-0.39, 0.29) is 5.41 Å². The average molecular weight is 463 g/mol. The van der Waals surface area contributed by atoms with Gasteiger partial charge in [-0.25, -0.2) is 0 Å². The van der Waals surface area contributed by atoms with Crippen LogP contribution in [-0.2, 0) is 0 Å². The Morgan fingerprint density at radius 3 is 1.17 bits per heavy atom. The molecule has 0 spiro atoms. The van der Waals surface area contributed by atoms with E-state index in [1.807, 2.05) is 48.5 Å². The van der Waals surface area contributed by atoms with E-state index in [4.69, 9.17) is 9.47 Å². The van der Waals surface area contributed by atoms with Crippen molar-refractivity contribution in [1.82, 2.24) is 9.97 Å². The van der Waals surface area contributed by atoms with Crippen LogP contribution in [0.4, 0.5) is 0 Å². The fourth-order valence-corrected chi connectivity index (χ4v) is 3.28. The van der Waals surface area contributed by atoms with Crippen molar-refractivity contribution in [1.29, 1.82) is 0 Å². The summed E-state index contributed by atoms with van der Waals surface area (Å²) >= 11 is 0. The molecule has 0 aliphatic carbocycles. The van der Waals surface area contributed by atoms with Crippen molar-refractivity contribution in [2.24, 2.45) is 5.41 Å². The second-order valence-corrected chi connectivity index (χ2v) is 9.11. The third kappa shape index (κ3) is 7.97. The summed E-state index contributed by atoms with van der Waals surface area (Å²) in [6, 6.07) is 24.2. The van der Waals surface area contributed by atoms with Gasteiger partial charge in [0.15, 0.2) is 0 Å². The van der Waals surface area contributed by atoms with Crippen LogP contribution in [0.25, 0.3) is 24.3 Å². The molecule has 4 aromatic rings. The van der Waals surface area contributed by atoms with Crippen LogP contribution >= 0.6 is 0 Å². The van der Waals surface area contributed by atoms with Crippen molar-refractivity contribution in [3.63, 3.8) is 0 Å². The lowest BCUT2D eigenvalue weighted by atomic mass is 9.96. The Hall–Kier alpha value is -4.18. The van der Waals surface area contributed by atoms with Gasteiger partial charge in [-0.05, 0) is 70.8 Å². The minimum atomic E-state index is -0.139. The summed E-state index contributed by atoms with van der Waals surface area (Å²) in [7, 11) is 0. The summed E-state index contributed by atoms with van der Waals surface area (Å²) in [6.07, 6.45) is 15.5. The molecule has 2 heterocycles. The number of nitrogens with zero attached hydrogens (tertiary/aromatic N) is 2. The number of ether oxygens (including phenoxy) is 2. The Labute approximate surface area is 207 Å². The predicted octanol–water partition coefficient (Wildman–Crippen LogP) is 7.30. The molecule has 0 atom stereocenters. The van der Waals surface area contributed by atoms with Gasteiger partial charge in [-0.1, -0.05) is 62.4 Å². The molecule has 2 aromatic carbocycles. The van der Waals surface area contributed by atoms with Crippen molar-refractivity contribution < 1.29 is 9.47 Å². The highest BCUT2D eigenvalue weighted by molar-refractivity contribution is 5.70. The molecule has 0 fully saturated rings. The van der Waals surface area contributed by atoms with Gasteiger partial charge in [0.25, 0.3) is 0 Å². The molecule has 0 amide bonds. The van der Waals surface area contributed by atoms with Gasteiger partial charge in [-0.3, -0.25) is 9.97 Å². The van der Waals surface area contributed by atoms with Crippen LogP contribution in [0.5, 0.6) is 11.5 Å². The Kier molecular flexibility index (Phi) is 8.08. The summed E-state index contributed by atoms with van der Waals surface area (Å²) in [5.41, 5.74) is 4.35. The van der Waals surface area contributed by atoms with E-state index in [1.165, 1.54) is 0 Å². The first kappa shape index (κ1) is 24.0. The highest BCUT2D eigenvalue weighted by Gasteiger charge is 2.20. The summed E-state index contributed by atoms with van der Waals surface area (Å²) < 4.78 is 12.1. The number of hydrogen-bond acceptors (Lipinski definition) is 4. The minimum absolute atomic E-state index is 0.139. The van der Waals surface area contributed by atoms with Crippen LogP contribution in [0.15, 0.2) is 97.6 Å². The van der Waals surface area contributed by atoms with Crippen molar-refractivity contribution in [2.75, 3.05) is 13.2 Å². The standard InChI is InChI=1S/C31H30N2O2/c1-31(2,23-34-29-11-7-25(8-12-29)3-5-27-15-19-32-20-16-27)24-35-30-13-9-26(10-14-30)4-6-28-17-21-33-22-18-28/h3-22H,23-24H2,1-2H3/b5-3+,6-4+. The van der Waals surface area contributed by atoms with Crippen LogP contribution in [-0.4, -0.2) is 23.2 Å². The molecular weight excluding hydrogens is 432 g/mol. The molecule has 0 radical (unpaired) electrons. The van der Waals surface area contributed by atoms with E-state index in [0.717, 1.165) is 33.8 Å². The van der Waals surface area contributed by atoms with Crippen molar-refractivity contribution >= 4 is 24.3 Å². The topological polar surface area (TPSA) is 44.2 Å². The lowest BCUT2D eigenvalue weighted by Crippen LogP contribution is -2.28. The van der Waals surface area contributed by atoms with E-state index < -0.39 is 0 Å². The lowest BCUT2D eigenvalue weighted by molar-refractivity contribution is 0.110. The molecule has 0 saturated heterocycles. The number of hydrogen-bond donors (Lipinski definition) is 0. The van der Waals surface area contributed by atoms with Gasteiger partial charge < -0.3 is 9.47 Å². The SMILES string of the molecule is CC(C)(COc1ccc(/C=C/c2ccncc2)cc1)COc1ccc(/C=C/c2ccncc2)cc1. The third-order valence-corrected chi connectivity index (χ3v) is 5.37. The number of aromatic nitrogens is 2. The first-order chi connectivity index (χ1) is 17.1. The largest absolute Gasteiger partial charge is 0.493 e. The molecule has 0 aliphatic rings. The summed E-state index contributed by atoms with van der Waals surface area (Å²) in [4.78, 5) is 8.08. The van der Waals surface area contributed by atoms with E-state index in [9.17, 15) is 0 Å². The molecule has 4 rings (SSSR count). The van der Waals surface area contributed by atoms with E-state index >= 15 is 0 Å². The van der Waals surface area contributed by atoms with Crippen LogP contribution < -0.4 is 9.47 Å². The van der Waals surface area contributed by atoms with Crippen LogP contribution in [0, 0.1) is 5.41 Å². The normalized spacial score (nSPS) is 11.7. The molecule has 0 bridgehead atoms. The van der Waals surface area contributed by atoms with Gasteiger partial charge >= 0.3 is 0 Å². The van der Waals surface area contributed by atoms with Crippen LogP contribution in [0.2, 0.25) is 0 Å². The average Bonchev–Trinajstić information content (AvgIpc) is 2.91. The second kappa shape index (κ2) is 11.8. The maximum absolute atomic E-state index is 6.04. The number of benzene rings is 2. The number of pyridine rings is 2. The zero-order valence-electron chi connectivity index (χ0n) is 20.2. The first-order valence-corrected chi connectivity index (χ1v) is 11.7. The predicted molar refractivity (Wildman–Crippen MR) is 144 cm³/mol. The first-order valence-electron chi connectivity index (χ1n) is 11.7. The summed E-state index contributed by atoms with van der Waals surface area (Å²) in [5, 5.41) is 0. The van der Waals surface area contributed by atoms with E-state index in [1.54, 1.807) is 24.8 Å². The van der Waals surface area contributed by atoms with Gasteiger partial charge in [-0.15, -0.1) is 0 Å². The zero-order chi connectivity index (χ0) is 24.3. The van der Waals surface area contributed by atoms with Crippen molar-refractivity contribution in [3.8, 4) is 11.5 Å². The molecule has 4 nitrogen and oxygen atoms in total. The fourth-order valence-electron chi connectivity index (χ4n) is 3.28. The third-order valence-electron chi connectivity index (χ3n) is 5.37. The smallest absolute Gasteiger partial charge is 0.119 e. The van der Waals surface area contributed by atoms with Crippen molar-refractivity contribution in [2.45, 2.75) is 13.8 Å². The monoisotopic (exact) mass is 462 g/mol. The highest BCUT2D eigenvalue weighted by Crippen LogP contribution is 2.22. The van der Waals surface area contributed by atoms with Gasteiger partial charge in [0.1, 0.15) is 11.5 Å². The molecule has 176 valence electrons. The molecule has 0 N–H and O–H groups in total. The highest BCUT2D eigenvalue weighted by atomic mass is 16.5. The zero-order valence-corrected chi connectivity index (χ0v) is 20.2. The Morgan fingerprint density at radius 1 is 0.514 bits per heavy atom. The van der Waals surface area contributed by atoms with Gasteiger partial charge in [-0.2, -0.15) is 0 Å². The summed E-state index contributed by atoms with van der Waals surface area (Å²) in [6.45, 7) is 5.41. The molecule has 2 aromatic heterocycles. The summed E-state index contributed by atoms with van der Waals surface area (Å²) in [5.74, 6) is 1.70. The van der Waals surface area contributed by atoms with Gasteiger partial charge in [0.2, 0.25) is 0 Å². The lowest BCUT2D eigenvalue weighted by Gasteiger charge is -2.25. The Morgan fingerprint density at radius 2 is 0.829 bits per heavy atom. The molecular formula is C31H30N2O2. The Balaban J connectivity index is 1.23. The van der Waals surface area contributed by atoms with E-state index in [0.29, 0.717) is 13.2 Å². The molecule has 0 saturated carbocycles.